The van der Waals surface area contributed by atoms with Crippen molar-refractivity contribution in [3.63, 3.8) is 0 Å². The average molecular weight is 502 g/mol. The van der Waals surface area contributed by atoms with Gasteiger partial charge in [-0.05, 0) is 117 Å². The summed E-state index contributed by atoms with van der Waals surface area (Å²) in [7, 11) is 0. The number of hydrogen-bond acceptors (Lipinski definition) is 1. The minimum atomic E-state index is -0.526. The molecule has 1 aliphatic heterocycles. The van der Waals surface area contributed by atoms with Crippen molar-refractivity contribution in [3.05, 3.63) is 117 Å². The predicted molar refractivity (Wildman–Crippen MR) is 167 cm³/mol. The molecular weight excluding hydrogens is 458 g/mol. The Hall–Kier alpha value is -3.60. The molecule has 1 saturated heterocycles. The number of benzene rings is 4. The standard InChI is InChI=1S/C37H39N.2H2/c1-8-37(34-10-9-19-38-34,32-15-11-30(12-16-32)35-26(4)20-24(2)21-27(35)5)33-17-13-31(14-18-33)36-28(6)22-25(3)23-29(36)7;;/h1,11-18,20-23,34,38H,9-10,19H2,2-7H3;2*1H/t34-;;/m0../s1. The van der Waals surface area contributed by atoms with Gasteiger partial charge in [-0.1, -0.05) is 89.8 Å². The van der Waals surface area contributed by atoms with Gasteiger partial charge in [0.1, 0.15) is 0 Å². The predicted octanol–water partition coefficient (Wildman–Crippen LogP) is 9.03. The lowest BCUT2D eigenvalue weighted by Crippen LogP contribution is -2.45. The maximum Gasteiger partial charge on any atom is 0.0961 e. The van der Waals surface area contributed by atoms with Gasteiger partial charge in [0.25, 0.3) is 0 Å². The normalized spacial score (nSPS) is 15.4. The lowest BCUT2D eigenvalue weighted by molar-refractivity contribution is 0.462. The van der Waals surface area contributed by atoms with E-state index in [0.29, 0.717) is 0 Å². The summed E-state index contributed by atoms with van der Waals surface area (Å²) < 4.78 is 0. The highest BCUT2D eigenvalue weighted by atomic mass is 15.0. The molecule has 0 saturated carbocycles. The highest BCUT2D eigenvalue weighted by Gasteiger charge is 2.42. The monoisotopic (exact) mass is 501 g/mol. The summed E-state index contributed by atoms with van der Waals surface area (Å²) in [6.45, 7) is 14.2. The molecule has 5 rings (SSSR count). The molecule has 196 valence electrons. The van der Waals surface area contributed by atoms with Crippen LogP contribution in [-0.4, -0.2) is 12.6 Å². The van der Waals surface area contributed by atoms with Gasteiger partial charge in [0.15, 0.2) is 0 Å². The molecule has 0 aliphatic carbocycles. The summed E-state index contributed by atoms with van der Waals surface area (Å²) in [5.41, 5.74) is 14.8. The largest absolute Gasteiger partial charge is 0.312 e. The Balaban J connectivity index is 0.00000220. The second kappa shape index (κ2) is 10.3. The summed E-state index contributed by atoms with van der Waals surface area (Å²) in [6.07, 6.45) is 8.71. The Morgan fingerprint density at radius 1 is 0.684 bits per heavy atom. The van der Waals surface area contributed by atoms with E-state index in [2.05, 4.69) is 126 Å². The molecule has 0 spiro atoms. The number of aryl methyl sites for hydroxylation is 6. The van der Waals surface area contributed by atoms with Crippen molar-refractivity contribution in [1.82, 2.24) is 5.32 Å². The fourth-order valence-corrected chi connectivity index (χ4v) is 6.96. The molecule has 0 amide bonds. The molecule has 4 aromatic carbocycles. The number of terminal acetylenes is 1. The van der Waals surface area contributed by atoms with Crippen LogP contribution in [0.2, 0.25) is 0 Å². The van der Waals surface area contributed by atoms with Crippen LogP contribution in [-0.2, 0) is 5.41 Å². The minimum absolute atomic E-state index is 0. The van der Waals surface area contributed by atoms with Gasteiger partial charge in [0, 0.05) is 8.90 Å². The van der Waals surface area contributed by atoms with Gasteiger partial charge >= 0.3 is 0 Å². The van der Waals surface area contributed by atoms with Gasteiger partial charge in [0.05, 0.1) is 5.41 Å². The molecule has 1 fully saturated rings. The van der Waals surface area contributed by atoms with Crippen LogP contribution in [0.25, 0.3) is 22.3 Å². The van der Waals surface area contributed by atoms with Gasteiger partial charge in [-0.15, -0.1) is 6.42 Å². The van der Waals surface area contributed by atoms with Crippen molar-refractivity contribution >= 4 is 0 Å². The first-order valence-corrected chi connectivity index (χ1v) is 13.8. The van der Waals surface area contributed by atoms with Crippen molar-refractivity contribution in [2.45, 2.75) is 65.8 Å². The molecule has 0 bridgehead atoms. The van der Waals surface area contributed by atoms with E-state index in [-0.39, 0.29) is 8.90 Å². The summed E-state index contributed by atoms with van der Waals surface area (Å²) in [6, 6.07) is 27.3. The molecular formula is C37H43N. The molecule has 0 radical (unpaired) electrons. The van der Waals surface area contributed by atoms with Crippen LogP contribution in [0, 0.1) is 53.9 Å². The zero-order valence-electron chi connectivity index (χ0n) is 23.7. The summed E-state index contributed by atoms with van der Waals surface area (Å²) in [5.74, 6) is 3.31. The highest BCUT2D eigenvalue weighted by molar-refractivity contribution is 5.73. The molecule has 4 aromatic rings. The maximum absolute atomic E-state index is 6.49. The Morgan fingerprint density at radius 2 is 1.08 bits per heavy atom. The lowest BCUT2D eigenvalue weighted by atomic mass is 9.68. The van der Waals surface area contributed by atoms with Crippen LogP contribution in [0.5, 0.6) is 0 Å². The van der Waals surface area contributed by atoms with Gasteiger partial charge in [-0.25, -0.2) is 0 Å². The van der Waals surface area contributed by atoms with Crippen LogP contribution in [0.3, 0.4) is 0 Å². The minimum Gasteiger partial charge on any atom is -0.312 e. The molecule has 1 nitrogen and oxygen atoms in total. The molecule has 1 N–H and O–H groups in total. The van der Waals surface area contributed by atoms with E-state index >= 15 is 0 Å². The van der Waals surface area contributed by atoms with E-state index in [1.165, 1.54) is 66.8 Å². The Kier molecular flexibility index (Phi) is 7.04. The van der Waals surface area contributed by atoms with Crippen LogP contribution >= 0.6 is 0 Å². The number of nitrogens with one attached hydrogen (secondary N) is 1. The van der Waals surface area contributed by atoms with Gasteiger partial charge in [-0.2, -0.15) is 0 Å². The maximum atomic E-state index is 6.49. The van der Waals surface area contributed by atoms with Crippen LogP contribution < -0.4 is 5.32 Å². The molecule has 1 heterocycles. The van der Waals surface area contributed by atoms with E-state index in [9.17, 15) is 0 Å². The van der Waals surface area contributed by atoms with Gasteiger partial charge in [-0.3, -0.25) is 0 Å². The van der Waals surface area contributed by atoms with E-state index < -0.39 is 5.41 Å². The smallest absolute Gasteiger partial charge is 0.0961 e. The second-order valence-corrected chi connectivity index (χ2v) is 11.3. The van der Waals surface area contributed by atoms with Crippen LogP contribution in [0.4, 0.5) is 0 Å². The molecule has 1 aliphatic rings. The van der Waals surface area contributed by atoms with Crippen molar-refractivity contribution in [1.29, 1.82) is 0 Å². The Bertz CT molecular complexity index is 1370. The summed E-state index contributed by atoms with van der Waals surface area (Å²) >= 11 is 0. The van der Waals surface area contributed by atoms with Crippen LogP contribution in [0.1, 0.15) is 60.2 Å². The third-order valence-corrected chi connectivity index (χ3v) is 8.42. The highest BCUT2D eigenvalue weighted by Crippen LogP contribution is 2.41. The zero-order valence-corrected chi connectivity index (χ0v) is 23.7. The second-order valence-electron chi connectivity index (χ2n) is 11.3. The number of hydrogen-bond donors (Lipinski definition) is 1. The third kappa shape index (κ3) is 4.48. The average Bonchev–Trinajstić information content (AvgIpc) is 3.41. The van der Waals surface area contributed by atoms with Crippen molar-refractivity contribution in [2.75, 3.05) is 6.54 Å². The molecule has 1 atom stereocenters. The fraction of sp³-hybridized carbons (Fsp3) is 0.297. The molecule has 0 aromatic heterocycles. The quantitative estimate of drug-likeness (QED) is 0.269. The fourth-order valence-electron chi connectivity index (χ4n) is 6.96. The molecule has 0 unspecified atom stereocenters. The Morgan fingerprint density at radius 3 is 1.39 bits per heavy atom. The van der Waals surface area contributed by atoms with Crippen molar-refractivity contribution in [3.8, 4) is 34.6 Å². The van der Waals surface area contributed by atoms with Gasteiger partial charge < -0.3 is 5.32 Å². The van der Waals surface area contributed by atoms with E-state index in [0.717, 1.165) is 19.4 Å². The van der Waals surface area contributed by atoms with E-state index in [4.69, 9.17) is 6.42 Å². The Labute approximate surface area is 232 Å². The summed E-state index contributed by atoms with van der Waals surface area (Å²) in [4.78, 5) is 0. The molecule has 1 heteroatoms. The first-order chi connectivity index (χ1) is 18.2. The van der Waals surface area contributed by atoms with E-state index in [1.807, 2.05) is 0 Å². The summed E-state index contributed by atoms with van der Waals surface area (Å²) in [5, 5.41) is 3.74. The first kappa shape index (κ1) is 26.0. The zero-order chi connectivity index (χ0) is 27.0. The topological polar surface area (TPSA) is 12.0 Å². The first-order valence-electron chi connectivity index (χ1n) is 13.8. The molecule has 38 heavy (non-hydrogen) atoms. The third-order valence-electron chi connectivity index (χ3n) is 8.42. The van der Waals surface area contributed by atoms with Crippen molar-refractivity contribution in [2.24, 2.45) is 0 Å². The van der Waals surface area contributed by atoms with Crippen molar-refractivity contribution < 1.29 is 2.85 Å². The number of rotatable bonds is 5. The van der Waals surface area contributed by atoms with Crippen LogP contribution in [0.15, 0.2) is 72.8 Å². The SMILES string of the molecule is C#CC(c1ccc(-c2c(C)cc(C)cc2C)cc1)(c1ccc(-c2c(C)cc(C)cc2C)cc1)[C@@H]1CCCN1.[HH].[HH]. The lowest BCUT2D eigenvalue weighted by Gasteiger charge is -2.36. The van der Waals surface area contributed by atoms with Gasteiger partial charge in [0.2, 0.25) is 0 Å². The van der Waals surface area contributed by atoms with E-state index in [1.54, 1.807) is 0 Å².